The Morgan fingerprint density at radius 2 is 1.92 bits per heavy atom. The number of fused-ring (bicyclic) bond motifs is 1. The highest BCUT2D eigenvalue weighted by Crippen LogP contribution is 2.26. The monoisotopic (exact) mass is 511 g/mol. The molecule has 5 rings (SSSR count). The molecule has 2 aliphatic heterocycles. The van der Waals surface area contributed by atoms with Crippen molar-refractivity contribution in [3.63, 3.8) is 0 Å². The van der Waals surface area contributed by atoms with Crippen LogP contribution < -0.4 is 16.0 Å². The molecule has 1 amide bonds. The molecule has 1 fully saturated rings. The molecule has 4 N–H and O–H groups in total. The van der Waals surface area contributed by atoms with Crippen LogP contribution in [0.1, 0.15) is 29.3 Å². The van der Waals surface area contributed by atoms with Crippen molar-refractivity contribution in [1.82, 2.24) is 4.98 Å². The number of carbonyl (C=O) groups is 1. The second-order valence-electron chi connectivity index (χ2n) is 9.09. The zero-order chi connectivity index (χ0) is 26.6. The van der Waals surface area contributed by atoms with Gasteiger partial charge in [-0.15, -0.1) is 0 Å². The van der Waals surface area contributed by atoms with Crippen LogP contribution in [0.15, 0.2) is 76.7 Å². The first-order valence-corrected chi connectivity index (χ1v) is 12.4. The second-order valence-corrected chi connectivity index (χ2v) is 9.09. The number of hydrogen-bond acceptors (Lipinski definition) is 8. The summed E-state index contributed by atoms with van der Waals surface area (Å²) in [6.45, 7) is 5.70. The molecule has 194 valence electrons. The summed E-state index contributed by atoms with van der Waals surface area (Å²) >= 11 is 0. The largest absolute Gasteiger partial charge is 0.407 e. The molecule has 3 aromatic rings. The van der Waals surface area contributed by atoms with E-state index in [1.165, 1.54) is 0 Å². The number of para-hydroxylation sites is 1. The van der Waals surface area contributed by atoms with Gasteiger partial charge < -0.3 is 25.4 Å². The number of aryl methyl sites for hydroxylation is 1. The third-order valence-electron chi connectivity index (χ3n) is 6.33. The number of aromatic nitrogens is 1. The summed E-state index contributed by atoms with van der Waals surface area (Å²) in [4.78, 5) is 28.7. The molecule has 10 nitrogen and oxygen atoms in total. The van der Waals surface area contributed by atoms with Crippen LogP contribution in [0.2, 0.25) is 0 Å². The first-order chi connectivity index (χ1) is 18.4. The van der Waals surface area contributed by atoms with Crippen molar-refractivity contribution < 1.29 is 14.3 Å². The molecule has 0 bridgehead atoms. The van der Waals surface area contributed by atoms with Crippen LogP contribution >= 0.6 is 0 Å². The van der Waals surface area contributed by atoms with E-state index in [1.54, 1.807) is 6.07 Å². The van der Waals surface area contributed by atoms with Crippen LogP contribution in [0.4, 0.5) is 11.5 Å². The number of nitrogens with one attached hydrogen (secondary N) is 2. The summed E-state index contributed by atoms with van der Waals surface area (Å²) in [5.41, 5.74) is 10.2. The average Bonchev–Trinajstić information content (AvgIpc) is 3.05. The number of nitrogens with zero attached hydrogens (tertiary/aromatic N) is 4. The Morgan fingerprint density at radius 1 is 1.16 bits per heavy atom. The Balaban J connectivity index is 1.44. The molecular weight excluding hydrogens is 482 g/mol. The van der Waals surface area contributed by atoms with Crippen molar-refractivity contribution in [2.24, 2.45) is 15.7 Å². The van der Waals surface area contributed by atoms with E-state index >= 15 is 0 Å². The van der Waals surface area contributed by atoms with E-state index in [2.05, 4.69) is 25.2 Å². The summed E-state index contributed by atoms with van der Waals surface area (Å²) in [5, 5.41) is 11.5. The molecule has 0 radical (unpaired) electrons. The van der Waals surface area contributed by atoms with E-state index in [0.717, 1.165) is 16.8 Å². The third kappa shape index (κ3) is 5.25. The highest BCUT2D eigenvalue weighted by molar-refractivity contribution is 6.19. The van der Waals surface area contributed by atoms with Crippen LogP contribution in [-0.2, 0) is 14.3 Å². The van der Waals surface area contributed by atoms with Gasteiger partial charge in [0.05, 0.1) is 36.2 Å². The number of rotatable bonds is 4. The average molecular weight is 512 g/mol. The zero-order valence-corrected chi connectivity index (χ0v) is 21.2. The van der Waals surface area contributed by atoms with E-state index in [-0.39, 0.29) is 18.0 Å². The Bertz CT molecular complexity index is 1420. The zero-order valence-electron chi connectivity index (χ0n) is 21.2. The minimum absolute atomic E-state index is 0.0812. The first kappa shape index (κ1) is 25.1. The number of carbonyl (C=O) groups excluding carboxylic acids is 1. The molecule has 0 spiro atoms. The number of amides is 1. The Kier molecular flexibility index (Phi) is 7.14. The highest BCUT2D eigenvalue weighted by Gasteiger charge is 2.27. The van der Waals surface area contributed by atoms with Gasteiger partial charge in [-0.25, -0.2) is 9.98 Å². The maximum Gasteiger partial charge on any atom is 0.291 e. The fourth-order valence-electron chi connectivity index (χ4n) is 4.45. The van der Waals surface area contributed by atoms with Crippen molar-refractivity contribution in [1.29, 1.82) is 5.41 Å². The minimum atomic E-state index is -1.21. The van der Waals surface area contributed by atoms with Crippen molar-refractivity contribution in [3.05, 3.63) is 89.1 Å². The Hall–Kier alpha value is -4.57. The van der Waals surface area contributed by atoms with Gasteiger partial charge in [-0.3, -0.25) is 10.2 Å². The first-order valence-electron chi connectivity index (χ1n) is 12.4. The molecule has 2 atom stereocenters. The van der Waals surface area contributed by atoms with Crippen LogP contribution in [-0.4, -0.2) is 60.5 Å². The molecule has 2 aromatic carbocycles. The molecular formula is C28H29N7O3. The van der Waals surface area contributed by atoms with E-state index < -0.39 is 12.1 Å². The number of ether oxygens (including phenoxy) is 2. The van der Waals surface area contributed by atoms with Crippen LogP contribution in [0.3, 0.4) is 0 Å². The maximum absolute atomic E-state index is 13.1. The lowest BCUT2D eigenvalue weighted by molar-refractivity contribution is -0.117. The number of aliphatic imine (C=N–C) groups is 2. The number of anilines is 2. The van der Waals surface area contributed by atoms with Gasteiger partial charge in [0, 0.05) is 23.4 Å². The second kappa shape index (κ2) is 10.8. The number of nitrogens with two attached hydrogens (primary N) is 1. The van der Waals surface area contributed by atoms with E-state index in [4.69, 9.17) is 20.6 Å². The number of hydrogen-bond donors (Lipinski definition) is 3. The Labute approximate surface area is 220 Å². The normalized spacial score (nSPS) is 19.6. The van der Waals surface area contributed by atoms with Crippen LogP contribution in [0, 0.1) is 12.3 Å². The van der Waals surface area contributed by atoms with Gasteiger partial charge in [-0.2, -0.15) is 4.99 Å². The summed E-state index contributed by atoms with van der Waals surface area (Å²) in [6.07, 6.45) is -1.21. The number of benzene rings is 2. The molecule has 0 saturated carbocycles. The van der Waals surface area contributed by atoms with Gasteiger partial charge in [0.1, 0.15) is 5.82 Å². The van der Waals surface area contributed by atoms with Crippen molar-refractivity contribution in [3.8, 4) is 0 Å². The fraction of sp³-hybridized carbons (Fsp3) is 0.250. The van der Waals surface area contributed by atoms with E-state index in [0.29, 0.717) is 42.5 Å². The maximum atomic E-state index is 13.1. The summed E-state index contributed by atoms with van der Waals surface area (Å²) in [5.74, 6) is -0.0658. The number of benzodiazepines with no additional fused rings is 1. The molecule has 10 heteroatoms. The van der Waals surface area contributed by atoms with Gasteiger partial charge in [-0.05, 0) is 32.0 Å². The van der Waals surface area contributed by atoms with Crippen LogP contribution in [0.25, 0.3) is 0 Å². The number of morpholine rings is 1. The minimum Gasteiger partial charge on any atom is -0.407 e. The highest BCUT2D eigenvalue weighted by atomic mass is 16.5. The fourth-order valence-corrected chi connectivity index (χ4v) is 4.45. The molecule has 3 heterocycles. The van der Waals surface area contributed by atoms with Crippen LogP contribution in [0.5, 0.6) is 0 Å². The molecule has 1 saturated heterocycles. The smallest absolute Gasteiger partial charge is 0.291 e. The third-order valence-corrected chi connectivity index (χ3v) is 6.33. The predicted octanol–water partition coefficient (Wildman–Crippen LogP) is 3.09. The van der Waals surface area contributed by atoms with Gasteiger partial charge >= 0.3 is 0 Å². The van der Waals surface area contributed by atoms with Crippen molar-refractivity contribution in [2.75, 3.05) is 30.0 Å². The van der Waals surface area contributed by atoms with Gasteiger partial charge in [-0.1, -0.05) is 48.5 Å². The topological polar surface area (TPSA) is 138 Å². The molecule has 38 heavy (non-hydrogen) atoms. The quantitative estimate of drug-likeness (QED) is 0.364. The molecule has 0 aliphatic carbocycles. The summed E-state index contributed by atoms with van der Waals surface area (Å²) in [6, 6.07) is 20.3. The van der Waals surface area contributed by atoms with Crippen molar-refractivity contribution >= 4 is 35.0 Å². The lowest BCUT2D eigenvalue weighted by Gasteiger charge is -2.35. The van der Waals surface area contributed by atoms with Gasteiger partial charge in [0.15, 0.2) is 0 Å². The molecule has 1 unspecified atom stereocenters. The number of amidine groups is 1. The van der Waals surface area contributed by atoms with Gasteiger partial charge in [0.25, 0.3) is 11.9 Å². The standard InChI is InChI=1S/C28H29N7O3/c1-17-12-13-21(26(31-17)35-14-15-37-16-18(35)2)24(29)38-28(30)34-25-27(36)32-22-11-7-6-10-20(22)23(33-25)19-8-4-3-5-9-19/h3-13,18,25,29H,14-16H2,1-2H3,(H2,30,34)(H,32,36)/t18-,25?/m1/s1. The number of pyridine rings is 1. The van der Waals surface area contributed by atoms with Crippen molar-refractivity contribution in [2.45, 2.75) is 26.1 Å². The molecule has 2 aliphatic rings. The van der Waals surface area contributed by atoms with Gasteiger partial charge in [0.2, 0.25) is 12.1 Å². The summed E-state index contributed by atoms with van der Waals surface area (Å²) in [7, 11) is 0. The Morgan fingerprint density at radius 3 is 2.71 bits per heavy atom. The van der Waals surface area contributed by atoms with E-state index in [1.807, 2.05) is 74.5 Å². The summed E-state index contributed by atoms with van der Waals surface area (Å²) < 4.78 is 11.2. The predicted molar refractivity (Wildman–Crippen MR) is 147 cm³/mol. The molecule has 1 aromatic heterocycles. The lowest BCUT2D eigenvalue weighted by atomic mass is 10.0. The lowest BCUT2D eigenvalue weighted by Crippen LogP contribution is -2.45. The van der Waals surface area contributed by atoms with E-state index in [9.17, 15) is 4.79 Å². The SMILES string of the molecule is Cc1ccc(C(=N)OC(N)=NC2N=C(c3ccccc3)c3ccccc3NC2=O)c(N2CCOC[C@H]2C)n1.